The van der Waals surface area contributed by atoms with Crippen molar-refractivity contribution in [3.63, 3.8) is 0 Å². The average molecular weight is 289 g/mol. The normalized spacial score (nSPS) is 12.5. The summed E-state index contributed by atoms with van der Waals surface area (Å²) in [6.45, 7) is 1.85. The van der Waals surface area contributed by atoms with E-state index in [4.69, 9.17) is 0 Å². The second kappa shape index (κ2) is 4.60. The van der Waals surface area contributed by atoms with Crippen LogP contribution in [0.4, 0.5) is 0 Å². The first-order valence-corrected chi connectivity index (χ1v) is 5.20. The average Bonchev–Trinajstić information content (AvgIpc) is 2.09. The summed E-state index contributed by atoms with van der Waals surface area (Å²) in [4.78, 5) is 10.8. The molecular weight excluding hydrogens is 279 g/mol. The Balaban J connectivity index is 3.04. The summed E-state index contributed by atoms with van der Waals surface area (Å²) in [5, 5.41) is 10.8. The van der Waals surface area contributed by atoms with Gasteiger partial charge in [0.05, 0.1) is 0 Å². The smallest absolute Gasteiger partial charge is 0.0489 e. The maximum Gasteiger partial charge on any atom is 0.0489 e. The Labute approximate surface area is 91.1 Å². The summed E-state index contributed by atoms with van der Waals surface area (Å²) in [5.74, 6) is -1.47. The van der Waals surface area contributed by atoms with Crippen LogP contribution in [0.15, 0.2) is 24.3 Å². The first-order chi connectivity index (χ1) is 6.16. The molecule has 1 aromatic rings. The molecule has 1 atom stereocenters. The predicted octanol–water partition coefficient (Wildman–Crippen LogP) is 1.53. The van der Waals surface area contributed by atoms with E-state index in [2.05, 4.69) is 22.6 Å². The number of carboxylic acids is 1. The Kier molecular flexibility index (Phi) is 3.71. The van der Waals surface area contributed by atoms with Crippen LogP contribution in [0.2, 0.25) is 0 Å². The van der Waals surface area contributed by atoms with E-state index in [0.29, 0.717) is 6.42 Å². The molecule has 0 aromatic heterocycles. The number of aliphatic carboxylic acids is 1. The number of hydrogen-bond donors (Lipinski definition) is 0. The number of hydrogen-bond acceptors (Lipinski definition) is 2. The van der Waals surface area contributed by atoms with Gasteiger partial charge in [0.1, 0.15) is 0 Å². The zero-order valence-electron chi connectivity index (χ0n) is 7.29. The van der Waals surface area contributed by atoms with Crippen molar-refractivity contribution >= 4 is 28.6 Å². The molecule has 3 heteroatoms. The van der Waals surface area contributed by atoms with Gasteiger partial charge in [-0.2, -0.15) is 0 Å². The Morgan fingerprint density at radius 1 is 1.54 bits per heavy atom. The molecular formula is C10H10IO2-. The standard InChI is InChI=1S/C10H11IO2/c1-2-7(10(12)13)8-5-3-4-6-9(8)11/h3-7H,2H2,1H3,(H,12,13)/p-1. The third-order valence-electron chi connectivity index (χ3n) is 1.97. The topological polar surface area (TPSA) is 40.1 Å². The molecule has 0 aliphatic carbocycles. The summed E-state index contributed by atoms with van der Waals surface area (Å²) < 4.78 is 0.983. The van der Waals surface area contributed by atoms with Gasteiger partial charge in [-0.25, -0.2) is 0 Å². The van der Waals surface area contributed by atoms with Crippen LogP contribution in [0.5, 0.6) is 0 Å². The number of carboxylic acid groups (broad SMARTS) is 1. The van der Waals surface area contributed by atoms with Gasteiger partial charge in [-0.1, -0.05) is 25.1 Å². The van der Waals surface area contributed by atoms with E-state index >= 15 is 0 Å². The lowest BCUT2D eigenvalue weighted by atomic mass is 9.97. The van der Waals surface area contributed by atoms with Gasteiger partial charge in [0.25, 0.3) is 0 Å². The molecule has 13 heavy (non-hydrogen) atoms. The van der Waals surface area contributed by atoms with Crippen LogP contribution in [-0.4, -0.2) is 5.97 Å². The summed E-state index contributed by atoms with van der Waals surface area (Å²) in [5.41, 5.74) is 0.852. The van der Waals surface area contributed by atoms with Gasteiger partial charge in [-0.3, -0.25) is 0 Å². The van der Waals surface area contributed by atoms with E-state index in [0.717, 1.165) is 9.13 Å². The molecule has 0 bridgehead atoms. The minimum absolute atomic E-state index is 0.479. The second-order valence-corrected chi connectivity index (χ2v) is 3.96. The van der Waals surface area contributed by atoms with Gasteiger partial charge in [-0.15, -0.1) is 0 Å². The molecule has 0 saturated heterocycles. The SMILES string of the molecule is CCC(C(=O)[O-])c1ccccc1I. The number of benzene rings is 1. The quantitative estimate of drug-likeness (QED) is 0.792. The first kappa shape index (κ1) is 10.5. The molecule has 0 saturated carbocycles. The second-order valence-electron chi connectivity index (χ2n) is 2.80. The minimum Gasteiger partial charge on any atom is -0.549 e. The molecule has 1 unspecified atom stereocenters. The Bertz CT molecular complexity index is 310. The van der Waals surface area contributed by atoms with E-state index < -0.39 is 11.9 Å². The van der Waals surface area contributed by atoms with Crippen LogP contribution < -0.4 is 5.11 Å². The molecule has 0 radical (unpaired) electrons. The molecule has 2 nitrogen and oxygen atoms in total. The van der Waals surface area contributed by atoms with Crippen LogP contribution in [0.1, 0.15) is 24.8 Å². The van der Waals surface area contributed by atoms with Crippen molar-refractivity contribution in [1.29, 1.82) is 0 Å². The highest BCUT2D eigenvalue weighted by Crippen LogP contribution is 2.23. The fourth-order valence-electron chi connectivity index (χ4n) is 1.27. The molecule has 0 amide bonds. The number of carbonyl (C=O) groups is 1. The predicted molar refractivity (Wildman–Crippen MR) is 57.2 cm³/mol. The van der Waals surface area contributed by atoms with Crippen molar-refractivity contribution in [2.24, 2.45) is 0 Å². The van der Waals surface area contributed by atoms with Crippen LogP contribution in [-0.2, 0) is 4.79 Å². The summed E-state index contributed by atoms with van der Waals surface area (Å²) >= 11 is 2.14. The highest BCUT2D eigenvalue weighted by atomic mass is 127. The van der Waals surface area contributed by atoms with E-state index in [1.807, 2.05) is 31.2 Å². The molecule has 0 N–H and O–H groups in total. The van der Waals surface area contributed by atoms with Gasteiger partial charge in [0.2, 0.25) is 0 Å². The third-order valence-corrected chi connectivity index (χ3v) is 2.96. The van der Waals surface area contributed by atoms with Crippen LogP contribution in [0.25, 0.3) is 0 Å². The van der Waals surface area contributed by atoms with Gasteiger partial charge in [-0.05, 0) is 40.6 Å². The van der Waals surface area contributed by atoms with E-state index in [1.54, 1.807) is 0 Å². The van der Waals surface area contributed by atoms with Gasteiger partial charge in [0, 0.05) is 15.5 Å². The fraction of sp³-hybridized carbons (Fsp3) is 0.300. The van der Waals surface area contributed by atoms with Crippen molar-refractivity contribution in [1.82, 2.24) is 0 Å². The van der Waals surface area contributed by atoms with Crippen molar-refractivity contribution in [2.45, 2.75) is 19.3 Å². The molecule has 0 spiro atoms. The lowest BCUT2D eigenvalue weighted by molar-refractivity contribution is -0.308. The van der Waals surface area contributed by atoms with E-state index in [9.17, 15) is 9.90 Å². The van der Waals surface area contributed by atoms with Gasteiger partial charge >= 0.3 is 0 Å². The first-order valence-electron chi connectivity index (χ1n) is 4.12. The molecule has 0 aliphatic heterocycles. The maximum atomic E-state index is 10.8. The van der Waals surface area contributed by atoms with Crippen molar-refractivity contribution in [3.8, 4) is 0 Å². The largest absolute Gasteiger partial charge is 0.549 e. The third kappa shape index (κ3) is 2.43. The summed E-state index contributed by atoms with van der Waals surface area (Å²) in [7, 11) is 0. The lowest BCUT2D eigenvalue weighted by Gasteiger charge is -2.17. The molecule has 1 aromatic carbocycles. The number of carbonyl (C=O) groups excluding carboxylic acids is 1. The van der Waals surface area contributed by atoms with Crippen molar-refractivity contribution in [3.05, 3.63) is 33.4 Å². The van der Waals surface area contributed by atoms with E-state index in [-0.39, 0.29) is 0 Å². The van der Waals surface area contributed by atoms with Crippen LogP contribution in [0, 0.1) is 3.57 Å². The molecule has 1 rings (SSSR count). The Morgan fingerprint density at radius 2 is 2.15 bits per heavy atom. The summed E-state index contributed by atoms with van der Waals surface area (Å²) in [6.07, 6.45) is 0.572. The Hall–Kier alpha value is -0.580. The minimum atomic E-state index is -0.994. The van der Waals surface area contributed by atoms with E-state index in [1.165, 1.54) is 0 Å². The highest BCUT2D eigenvalue weighted by Gasteiger charge is 2.12. The van der Waals surface area contributed by atoms with Crippen molar-refractivity contribution in [2.75, 3.05) is 0 Å². The zero-order valence-corrected chi connectivity index (χ0v) is 9.45. The monoisotopic (exact) mass is 289 g/mol. The maximum absolute atomic E-state index is 10.8. The Morgan fingerprint density at radius 3 is 2.62 bits per heavy atom. The fourth-order valence-corrected chi connectivity index (χ4v) is 2.03. The van der Waals surface area contributed by atoms with Gasteiger partial charge in [0.15, 0.2) is 0 Å². The van der Waals surface area contributed by atoms with Crippen LogP contribution in [0.3, 0.4) is 0 Å². The molecule has 70 valence electrons. The van der Waals surface area contributed by atoms with Gasteiger partial charge < -0.3 is 9.90 Å². The lowest BCUT2D eigenvalue weighted by Crippen LogP contribution is -2.29. The zero-order chi connectivity index (χ0) is 9.84. The summed E-state index contributed by atoms with van der Waals surface area (Å²) in [6, 6.07) is 7.49. The van der Waals surface area contributed by atoms with Crippen molar-refractivity contribution < 1.29 is 9.90 Å². The van der Waals surface area contributed by atoms with Crippen LogP contribution >= 0.6 is 22.6 Å². The highest BCUT2D eigenvalue weighted by molar-refractivity contribution is 14.1. The molecule has 0 heterocycles. The number of halogens is 1. The molecule has 0 aliphatic rings. The molecule has 0 fully saturated rings. The number of rotatable bonds is 3.